The van der Waals surface area contributed by atoms with Gasteiger partial charge in [-0.25, -0.2) is 0 Å². The maximum Gasteiger partial charge on any atom is 0.306 e. The molecule has 0 aliphatic heterocycles. The second-order valence-corrected chi connectivity index (χ2v) is 17.8. The average molecular weight is 836 g/mol. The minimum Gasteiger partial charge on any atom is -0.545 e. The van der Waals surface area contributed by atoms with Crippen molar-refractivity contribution in [2.75, 3.05) is 47.5 Å². The molecule has 0 amide bonds. The Morgan fingerprint density at radius 1 is 0.508 bits per heavy atom. The van der Waals surface area contributed by atoms with E-state index in [1.807, 2.05) is 21.1 Å². The molecule has 0 saturated carbocycles. The summed E-state index contributed by atoms with van der Waals surface area (Å²) in [5.41, 5.74) is 0. The highest BCUT2D eigenvalue weighted by Crippen LogP contribution is 2.16. The summed E-state index contributed by atoms with van der Waals surface area (Å²) >= 11 is 0. The van der Waals surface area contributed by atoms with E-state index in [9.17, 15) is 19.5 Å². The molecule has 0 aliphatic rings. The first-order chi connectivity index (χ1) is 28.6. The normalized spacial score (nSPS) is 13.0. The molecule has 9 nitrogen and oxygen atoms in total. The van der Waals surface area contributed by atoms with Gasteiger partial charge in [0.25, 0.3) is 0 Å². The zero-order valence-electron chi connectivity index (χ0n) is 39.1. The van der Waals surface area contributed by atoms with Crippen molar-refractivity contribution in [3.8, 4) is 0 Å². The van der Waals surface area contributed by atoms with E-state index in [1.54, 1.807) is 0 Å². The molecule has 346 valence electrons. The number of carboxylic acids is 1. The number of hydrogen-bond donors (Lipinski definition) is 0. The highest BCUT2D eigenvalue weighted by molar-refractivity contribution is 5.70. The monoisotopic (exact) mass is 836 g/mol. The van der Waals surface area contributed by atoms with Crippen LogP contribution in [-0.4, -0.2) is 82.3 Å². The standard InChI is InChI=1S/C50H93NO8/c1-6-8-10-12-14-16-18-20-21-22-23-24-25-26-27-29-30-32-34-36-38-40-47(52)57-44-46(45-58-50(49(54)55)56-43-42-51(3,4)5)59-48(53)41-39-37-35-33-31-28-19-17-15-13-11-9-7-2/h11,13,17,19,46,50H,6-10,12,14-16,18,20-45H2,1-5H3/b13-11-,19-17-. The Labute approximate surface area is 363 Å². The second kappa shape index (κ2) is 42.5. The quantitative estimate of drug-likeness (QED) is 0.0196. The molecule has 2 atom stereocenters. The van der Waals surface area contributed by atoms with Gasteiger partial charge in [-0.3, -0.25) is 9.59 Å². The molecular formula is C50H93NO8. The van der Waals surface area contributed by atoms with Crippen molar-refractivity contribution < 1.29 is 42.9 Å². The number of esters is 2. The van der Waals surface area contributed by atoms with Gasteiger partial charge in [0.15, 0.2) is 12.4 Å². The molecule has 2 unspecified atom stereocenters. The Morgan fingerprint density at radius 3 is 1.41 bits per heavy atom. The van der Waals surface area contributed by atoms with E-state index in [0.717, 1.165) is 64.2 Å². The molecule has 0 N–H and O–H groups in total. The van der Waals surface area contributed by atoms with Gasteiger partial charge in [0.05, 0.1) is 40.3 Å². The van der Waals surface area contributed by atoms with Gasteiger partial charge in [-0.05, 0) is 38.5 Å². The molecule has 0 fully saturated rings. The third-order valence-corrected chi connectivity index (χ3v) is 10.7. The van der Waals surface area contributed by atoms with Gasteiger partial charge in [0, 0.05) is 12.8 Å². The predicted molar refractivity (Wildman–Crippen MR) is 242 cm³/mol. The number of aliphatic carboxylic acids is 1. The molecule has 0 radical (unpaired) electrons. The van der Waals surface area contributed by atoms with Crippen molar-refractivity contribution in [2.24, 2.45) is 0 Å². The van der Waals surface area contributed by atoms with E-state index in [1.165, 1.54) is 122 Å². The van der Waals surface area contributed by atoms with E-state index >= 15 is 0 Å². The highest BCUT2D eigenvalue weighted by atomic mass is 16.7. The molecule has 59 heavy (non-hydrogen) atoms. The summed E-state index contributed by atoms with van der Waals surface area (Å²) in [5, 5.41) is 11.7. The van der Waals surface area contributed by atoms with Crippen LogP contribution in [0.5, 0.6) is 0 Å². The van der Waals surface area contributed by atoms with Crippen LogP contribution in [0.3, 0.4) is 0 Å². The van der Waals surface area contributed by atoms with Crippen molar-refractivity contribution in [2.45, 2.75) is 232 Å². The maximum absolute atomic E-state index is 12.7. The van der Waals surface area contributed by atoms with Gasteiger partial charge in [0.2, 0.25) is 0 Å². The lowest BCUT2D eigenvalue weighted by molar-refractivity contribution is -0.870. The zero-order chi connectivity index (χ0) is 43.5. The number of allylic oxidation sites excluding steroid dienone is 4. The number of quaternary nitrogens is 1. The maximum atomic E-state index is 12.7. The van der Waals surface area contributed by atoms with E-state index in [4.69, 9.17) is 18.9 Å². The summed E-state index contributed by atoms with van der Waals surface area (Å²) in [4.78, 5) is 37.0. The smallest absolute Gasteiger partial charge is 0.306 e. The summed E-state index contributed by atoms with van der Waals surface area (Å²) < 4.78 is 22.6. The molecule has 0 bridgehead atoms. The fourth-order valence-electron chi connectivity index (χ4n) is 6.87. The van der Waals surface area contributed by atoms with Crippen molar-refractivity contribution in [1.29, 1.82) is 0 Å². The number of carbonyl (C=O) groups is 3. The Morgan fingerprint density at radius 2 is 0.949 bits per heavy atom. The van der Waals surface area contributed by atoms with Gasteiger partial charge < -0.3 is 33.3 Å². The van der Waals surface area contributed by atoms with Crippen LogP contribution >= 0.6 is 0 Å². The zero-order valence-corrected chi connectivity index (χ0v) is 39.1. The summed E-state index contributed by atoms with van der Waals surface area (Å²) in [5.74, 6) is -2.29. The number of carboxylic acid groups (broad SMARTS) is 1. The molecule has 0 saturated heterocycles. The van der Waals surface area contributed by atoms with Gasteiger partial charge in [-0.15, -0.1) is 0 Å². The van der Waals surface area contributed by atoms with Crippen LogP contribution in [0.4, 0.5) is 0 Å². The highest BCUT2D eigenvalue weighted by Gasteiger charge is 2.21. The summed E-state index contributed by atoms with van der Waals surface area (Å²) in [6.45, 7) is 4.68. The Hall–Kier alpha value is -2.23. The van der Waals surface area contributed by atoms with Crippen LogP contribution in [0.25, 0.3) is 0 Å². The lowest BCUT2D eigenvalue weighted by atomic mass is 10.0. The first-order valence-electron chi connectivity index (χ1n) is 24.5. The van der Waals surface area contributed by atoms with Gasteiger partial charge in [-0.2, -0.15) is 0 Å². The number of nitrogens with zero attached hydrogens (tertiary/aromatic N) is 1. The topological polar surface area (TPSA) is 111 Å². The molecule has 0 aromatic carbocycles. The third kappa shape index (κ3) is 43.7. The second-order valence-electron chi connectivity index (χ2n) is 17.8. The number of ether oxygens (including phenoxy) is 4. The number of likely N-dealkylation sites (N-methyl/N-ethyl adjacent to an activating group) is 1. The number of hydrogen-bond acceptors (Lipinski definition) is 8. The van der Waals surface area contributed by atoms with Gasteiger partial charge in [0.1, 0.15) is 13.2 Å². The number of unbranched alkanes of at least 4 members (excludes halogenated alkanes) is 26. The molecule has 0 aromatic heterocycles. The van der Waals surface area contributed by atoms with Crippen molar-refractivity contribution in [1.82, 2.24) is 0 Å². The molecular weight excluding hydrogens is 743 g/mol. The average Bonchev–Trinajstić information content (AvgIpc) is 3.19. The van der Waals surface area contributed by atoms with Crippen LogP contribution in [0, 0.1) is 0 Å². The van der Waals surface area contributed by atoms with Crippen LogP contribution in [0.2, 0.25) is 0 Å². The molecule has 0 rings (SSSR count). The van der Waals surface area contributed by atoms with Gasteiger partial charge >= 0.3 is 11.9 Å². The van der Waals surface area contributed by atoms with Crippen LogP contribution < -0.4 is 5.11 Å². The van der Waals surface area contributed by atoms with Crippen molar-refractivity contribution in [3.05, 3.63) is 24.3 Å². The SMILES string of the molecule is CCC/C=C\C/C=C\CCCCCCCC(=O)OC(COC(=O)CCCCCCCCCCCCCCCCCCCCCCC)COC(OCC[N+](C)(C)C)C(=O)[O-]. The van der Waals surface area contributed by atoms with E-state index in [0.29, 0.717) is 23.9 Å². The molecule has 0 spiro atoms. The lowest BCUT2D eigenvalue weighted by Gasteiger charge is -2.26. The Balaban J connectivity index is 4.29. The van der Waals surface area contributed by atoms with E-state index in [2.05, 4.69) is 38.2 Å². The minimum atomic E-state index is -1.62. The molecule has 0 heterocycles. The number of carbonyl (C=O) groups excluding carboxylic acids is 3. The fourth-order valence-corrected chi connectivity index (χ4v) is 6.87. The van der Waals surface area contributed by atoms with Crippen LogP contribution in [-0.2, 0) is 33.3 Å². The van der Waals surface area contributed by atoms with E-state index in [-0.39, 0.29) is 32.2 Å². The van der Waals surface area contributed by atoms with E-state index < -0.39 is 24.3 Å². The van der Waals surface area contributed by atoms with Gasteiger partial charge in [-0.1, -0.05) is 192 Å². The van der Waals surface area contributed by atoms with Crippen molar-refractivity contribution in [3.63, 3.8) is 0 Å². The fraction of sp³-hybridized carbons (Fsp3) is 0.860. The Kier molecular flexibility index (Phi) is 40.9. The minimum absolute atomic E-state index is 0.147. The molecule has 9 heteroatoms. The first-order valence-corrected chi connectivity index (χ1v) is 24.5. The number of rotatable bonds is 45. The lowest BCUT2D eigenvalue weighted by Crippen LogP contribution is -2.44. The summed E-state index contributed by atoms with van der Waals surface area (Å²) in [6.07, 6.45) is 43.6. The van der Waals surface area contributed by atoms with Crippen LogP contribution in [0.15, 0.2) is 24.3 Å². The predicted octanol–water partition coefficient (Wildman–Crippen LogP) is 11.9. The van der Waals surface area contributed by atoms with Crippen LogP contribution in [0.1, 0.15) is 219 Å². The largest absolute Gasteiger partial charge is 0.545 e. The Bertz CT molecular complexity index is 1020. The van der Waals surface area contributed by atoms with Crippen molar-refractivity contribution >= 4 is 17.9 Å². The summed E-state index contributed by atoms with van der Waals surface area (Å²) in [6, 6.07) is 0. The summed E-state index contributed by atoms with van der Waals surface area (Å²) in [7, 11) is 5.91. The molecule has 0 aliphatic carbocycles. The molecule has 0 aromatic rings. The third-order valence-electron chi connectivity index (χ3n) is 10.7. The first kappa shape index (κ1) is 56.8.